The van der Waals surface area contributed by atoms with E-state index in [4.69, 9.17) is 0 Å². The monoisotopic (exact) mass is 436 g/mol. The van der Waals surface area contributed by atoms with Crippen molar-refractivity contribution in [3.63, 3.8) is 0 Å². The number of hydrogen-bond donors (Lipinski definition) is 0. The lowest BCUT2D eigenvalue weighted by atomic mass is 10.0. The zero-order valence-electron chi connectivity index (χ0n) is 18.0. The highest BCUT2D eigenvalue weighted by atomic mass is 32.1. The van der Waals surface area contributed by atoms with Gasteiger partial charge in [0.1, 0.15) is 0 Å². The Morgan fingerprint density at radius 2 is 1.30 bits per heavy atom. The maximum Gasteiger partial charge on any atom is 0.162 e. The number of benzene rings is 2. The summed E-state index contributed by atoms with van der Waals surface area (Å²) in [7, 11) is 0. The molecule has 4 rings (SSSR count). The second kappa shape index (κ2) is 10.5. The zero-order chi connectivity index (χ0) is 20.8. The van der Waals surface area contributed by atoms with Crippen molar-refractivity contribution in [3.05, 3.63) is 48.0 Å². The van der Waals surface area contributed by atoms with Crippen LogP contribution < -0.4 is 0 Å². The predicted octanol–water partition coefficient (Wildman–Crippen LogP) is 9.76. The van der Waals surface area contributed by atoms with Crippen LogP contribution in [0.3, 0.4) is 0 Å². The zero-order valence-corrected chi connectivity index (χ0v) is 19.7. The van der Waals surface area contributed by atoms with Gasteiger partial charge >= 0.3 is 0 Å². The highest BCUT2D eigenvalue weighted by Gasteiger charge is 2.14. The van der Waals surface area contributed by atoms with E-state index in [-0.39, 0.29) is 0 Å². The number of carbonyl (C=O) groups is 1. The molecule has 0 spiro atoms. The van der Waals surface area contributed by atoms with Gasteiger partial charge in [-0.05, 0) is 18.6 Å². The molecule has 0 aliphatic carbocycles. The van der Waals surface area contributed by atoms with Crippen molar-refractivity contribution in [2.75, 3.05) is 0 Å². The molecule has 3 heteroatoms. The molecule has 30 heavy (non-hydrogen) atoms. The molecule has 2 aromatic heterocycles. The number of fused-ring (bicyclic) bond motifs is 5. The number of carbonyl (C=O) groups excluding carboxylic acids is 1. The normalized spacial score (nSPS) is 11.8. The predicted molar refractivity (Wildman–Crippen MR) is 136 cm³/mol. The number of thiophene rings is 2. The second-order valence-corrected chi connectivity index (χ2v) is 10.5. The van der Waals surface area contributed by atoms with Gasteiger partial charge in [0.25, 0.3) is 0 Å². The molecule has 2 heterocycles. The largest absolute Gasteiger partial charge is 0.294 e. The molecule has 0 radical (unpaired) electrons. The van der Waals surface area contributed by atoms with Crippen molar-refractivity contribution in [2.24, 2.45) is 0 Å². The fraction of sp³-hybridized carbons (Fsp3) is 0.444. The standard InChI is InChI=1S/C27H32OS2/c1-2-3-4-5-6-7-8-9-10-11-15-23(28)20-17-18-22-25(19-20)30-26-21-14-12-13-16-24(21)29-27(22)26/h12-14,16-19H,2-11,15H2,1H3. The van der Waals surface area contributed by atoms with Crippen molar-refractivity contribution >= 4 is 58.0 Å². The summed E-state index contributed by atoms with van der Waals surface area (Å²) in [6.07, 6.45) is 13.7. The summed E-state index contributed by atoms with van der Waals surface area (Å²) in [6, 6.07) is 15.0. The van der Waals surface area contributed by atoms with E-state index in [1.165, 1.54) is 87.4 Å². The maximum absolute atomic E-state index is 12.7. The van der Waals surface area contributed by atoms with Crippen LogP contribution in [0.2, 0.25) is 0 Å². The number of hydrogen-bond acceptors (Lipinski definition) is 3. The number of rotatable bonds is 12. The van der Waals surface area contributed by atoms with Crippen LogP contribution in [0.4, 0.5) is 0 Å². The molecule has 0 fully saturated rings. The van der Waals surface area contributed by atoms with Crippen molar-refractivity contribution in [3.8, 4) is 0 Å². The summed E-state index contributed by atoms with van der Waals surface area (Å²) < 4.78 is 5.33. The Morgan fingerprint density at radius 3 is 2.03 bits per heavy atom. The van der Waals surface area contributed by atoms with Crippen LogP contribution in [0.25, 0.3) is 29.6 Å². The van der Waals surface area contributed by atoms with E-state index in [0.717, 1.165) is 12.0 Å². The molecule has 4 aromatic rings. The number of ketones is 1. The molecule has 158 valence electrons. The molecule has 0 aliphatic heterocycles. The molecule has 0 saturated carbocycles. The van der Waals surface area contributed by atoms with Gasteiger partial charge in [-0.25, -0.2) is 0 Å². The molecule has 0 amide bonds. The first-order chi connectivity index (χ1) is 14.8. The minimum absolute atomic E-state index is 0.304. The van der Waals surface area contributed by atoms with E-state index in [9.17, 15) is 4.79 Å². The molecular weight excluding hydrogens is 404 g/mol. The first kappa shape index (κ1) is 21.5. The Bertz CT molecular complexity index is 1120. The van der Waals surface area contributed by atoms with Gasteiger partial charge in [0.15, 0.2) is 5.78 Å². The molecule has 0 unspecified atom stereocenters. The number of Topliss-reactive ketones (excluding diaryl/α,β-unsaturated/α-hetero) is 1. The van der Waals surface area contributed by atoms with E-state index >= 15 is 0 Å². The lowest BCUT2D eigenvalue weighted by molar-refractivity contribution is 0.0979. The quantitative estimate of drug-likeness (QED) is 0.159. The lowest BCUT2D eigenvalue weighted by Gasteiger charge is -2.03. The minimum atomic E-state index is 0.304. The van der Waals surface area contributed by atoms with Gasteiger partial charge in [-0.15, -0.1) is 22.7 Å². The Labute approximate surface area is 188 Å². The summed E-state index contributed by atoms with van der Waals surface area (Å²) >= 11 is 3.70. The van der Waals surface area contributed by atoms with Crippen LogP contribution in [0.1, 0.15) is 87.9 Å². The third kappa shape index (κ3) is 4.95. The molecule has 0 aliphatic rings. The van der Waals surface area contributed by atoms with Crippen molar-refractivity contribution in [1.29, 1.82) is 0 Å². The fourth-order valence-corrected chi connectivity index (χ4v) is 6.99. The van der Waals surface area contributed by atoms with Gasteiger partial charge in [0, 0.05) is 32.2 Å². The summed E-state index contributed by atoms with van der Waals surface area (Å²) in [6.45, 7) is 2.27. The third-order valence-electron chi connectivity index (χ3n) is 6.07. The first-order valence-electron chi connectivity index (χ1n) is 11.6. The maximum atomic E-state index is 12.7. The van der Waals surface area contributed by atoms with E-state index < -0.39 is 0 Å². The first-order valence-corrected chi connectivity index (χ1v) is 13.3. The van der Waals surface area contributed by atoms with Gasteiger partial charge in [-0.1, -0.05) is 95.0 Å². The molecule has 2 aromatic carbocycles. The van der Waals surface area contributed by atoms with Crippen molar-refractivity contribution in [2.45, 2.75) is 77.6 Å². The van der Waals surface area contributed by atoms with E-state index in [0.29, 0.717) is 12.2 Å². The summed E-state index contributed by atoms with van der Waals surface area (Å²) in [5.41, 5.74) is 0.886. The summed E-state index contributed by atoms with van der Waals surface area (Å²) in [4.78, 5) is 12.7. The van der Waals surface area contributed by atoms with Gasteiger partial charge in [0.2, 0.25) is 0 Å². The van der Waals surface area contributed by atoms with Gasteiger partial charge in [-0.2, -0.15) is 0 Å². The SMILES string of the molecule is CCCCCCCCCCCCC(=O)c1ccc2c(c1)sc1c3ccccc3sc21. The second-order valence-electron chi connectivity index (χ2n) is 8.42. The Kier molecular flexibility index (Phi) is 7.57. The van der Waals surface area contributed by atoms with E-state index in [1.54, 1.807) is 0 Å². The fourth-order valence-electron chi connectivity index (χ4n) is 4.30. The third-order valence-corrected chi connectivity index (χ3v) is 8.59. The molecule has 0 N–H and O–H groups in total. The Hall–Kier alpha value is -1.71. The Balaban J connectivity index is 1.28. The van der Waals surface area contributed by atoms with Crippen LogP contribution in [-0.4, -0.2) is 5.78 Å². The summed E-state index contributed by atoms with van der Waals surface area (Å²) in [5, 5.41) is 2.64. The van der Waals surface area contributed by atoms with Crippen molar-refractivity contribution in [1.82, 2.24) is 0 Å². The Morgan fingerprint density at radius 1 is 0.700 bits per heavy atom. The highest BCUT2D eigenvalue weighted by molar-refractivity contribution is 7.36. The van der Waals surface area contributed by atoms with Crippen LogP contribution in [0, 0.1) is 0 Å². The van der Waals surface area contributed by atoms with E-state index in [1.807, 2.05) is 28.7 Å². The average molecular weight is 437 g/mol. The molecular formula is C27H32OS2. The number of unbranched alkanes of at least 4 members (excludes halogenated alkanes) is 9. The lowest BCUT2D eigenvalue weighted by Crippen LogP contribution is -1.98. The van der Waals surface area contributed by atoms with Crippen LogP contribution in [-0.2, 0) is 0 Å². The van der Waals surface area contributed by atoms with Crippen LogP contribution >= 0.6 is 22.7 Å². The summed E-state index contributed by atoms with van der Waals surface area (Å²) in [5.74, 6) is 0.304. The molecule has 0 saturated heterocycles. The molecule has 0 bridgehead atoms. The van der Waals surface area contributed by atoms with Gasteiger partial charge in [0.05, 0.1) is 9.40 Å². The molecule has 1 nitrogen and oxygen atoms in total. The van der Waals surface area contributed by atoms with Crippen molar-refractivity contribution < 1.29 is 4.79 Å². The highest BCUT2D eigenvalue weighted by Crippen LogP contribution is 2.44. The minimum Gasteiger partial charge on any atom is -0.294 e. The smallest absolute Gasteiger partial charge is 0.162 e. The van der Waals surface area contributed by atoms with Gasteiger partial charge in [-0.3, -0.25) is 4.79 Å². The van der Waals surface area contributed by atoms with Crippen LogP contribution in [0.15, 0.2) is 42.5 Å². The topological polar surface area (TPSA) is 17.1 Å². The average Bonchev–Trinajstić information content (AvgIpc) is 3.30. The van der Waals surface area contributed by atoms with Gasteiger partial charge < -0.3 is 0 Å². The molecule has 0 atom stereocenters. The van der Waals surface area contributed by atoms with Crippen LogP contribution in [0.5, 0.6) is 0 Å². The van der Waals surface area contributed by atoms with E-state index in [2.05, 4.69) is 43.3 Å².